The average molecular weight is 731 g/mol. The van der Waals surface area contributed by atoms with Crippen molar-refractivity contribution in [2.24, 2.45) is 17.6 Å². The molecule has 11 atom stereocenters. The van der Waals surface area contributed by atoms with Crippen LogP contribution in [0.4, 0.5) is 14.4 Å². The number of allylic oxidation sites excluding steroid dienone is 1. The molecule has 16 nitrogen and oxygen atoms in total. The molecule has 7 N–H and O–H groups in total. The summed E-state index contributed by atoms with van der Waals surface area (Å²) in [5.41, 5.74) is 1.66. The van der Waals surface area contributed by atoms with Crippen LogP contribution in [0.1, 0.15) is 89.0 Å². The number of hydrogen-bond donors (Lipinski definition) is 6. The second kappa shape index (κ2) is 16.0. The lowest BCUT2D eigenvalue weighted by Crippen LogP contribution is -2.70. The number of nitrogens with zero attached hydrogens (tertiary/aromatic N) is 1. The summed E-state index contributed by atoms with van der Waals surface area (Å²) in [6, 6.07) is -3.10. The molecular formula is C35H62N4O12. The number of ether oxygens (including phenoxy) is 6. The summed E-state index contributed by atoms with van der Waals surface area (Å²) in [6.07, 6.45) is -6.40. The topological polar surface area (TPSA) is 221 Å². The minimum atomic E-state index is -1.73. The van der Waals surface area contributed by atoms with Crippen LogP contribution < -0.4 is 16.4 Å². The highest BCUT2D eigenvalue weighted by atomic mass is 16.7. The van der Waals surface area contributed by atoms with Gasteiger partial charge in [-0.3, -0.25) is 0 Å². The number of carbonyl (C=O) groups is 3. The number of carbonyl (C=O) groups excluding carboxylic acids is 3. The van der Waals surface area contributed by atoms with Gasteiger partial charge in [-0.15, -0.1) is 0 Å². The van der Waals surface area contributed by atoms with Gasteiger partial charge in [-0.05, 0) is 94.1 Å². The molecule has 2 heterocycles. The maximum absolute atomic E-state index is 13.2. The summed E-state index contributed by atoms with van der Waals surface area (Å²) in [4.78, 5) is 40.5. The number of amides is 3. The molecule has 1 saturated heterocycles. The maximum Gasteiger partial charge on any atom is 0.410 e. The van der Waals surface area contributed by atoms with E-state index in [1.807, 2.05) is 13.0 Å². The minimum absolute atomic E-state index is 0.0148. The maximum atomic E-state index is 13.2. The summed E-state index contributed by atoms with van der Waals surface area (Å²) in [6.45, 7) is 18.4. The van der Waals surface area contributed by atoms with Crippen molar-refractivity contribution in [3.8, 4) is 0 Å². The van der Waals surface area contributed by atoms with Gasteiger partial charge in [0.1, 0.15) is 46.5 Å². The van der Waals surface area contributed by atoms with Gasteiger partial charge >= 0.3 is 18.3 Å². The molecule has 1 saturated carbocycles. The average Bonchev–Trinajstić information content (AvgIpc) is 2.93. The number of nitrogens with two attached hydrogens (primary N) is 1. The number of aliphatic hydroxyl groups excluding tert-OH is 2. The lowest BCUT2D eigenvalue weighted by molar-refractivity contribution is -0.306. The van der Waals surface area contributed by atoms with Crippen LogP contribution in [0.3, 0.4) is 0 Å². The van der Waals surface area contributed by atoms with E-state index in [2.05, 4.69) is 10.6 Å². The fraction of sp³-hybridized carbons (Fsp3) is 0.857. The standard InChI is InChI=1S/C35H62N4O12/c1-18-13-14-19(16-36)47-25(18)22-20(37-29(42)49-32(2,3)4)15-21(38-30(43)50-33(5,6)7)26(23(22)40)48-28-24(41)27(35(11,45)17-46-28)39(12)31(44)51-34(8,9)10/h14,18,20-28,40-41,45H,13,15-17,36H2,1-12H3,(H,37,42)(H,38,43). The molecule has 0 aromatic heterocycles. The number of nitrogens with one attached hydrogen (secondary N) is 2. The summed E-state index contributed by atoms with van der Waals surface area (Å²) in [5.74, 6) is -0.458. The van der Waals surface area contributed by atoms with E-state index in [4.69, 9.17) is 34.2 Å². The van der Waals surface area contributed by atoms with Crippen molar-refractivity contribution in [1.29, 1.82) is 0 Å². The summed E-state index contributed by atoms with van der Waals surface area (Å²) < 4.78 is 35.1. The van der Waals surface area contributed by atoms with Crippen LogP contribution in [0, 0.1) is 11.8 Å². The van der Waals surface area contributed by atoms with Crippen molar-refractivity contribution in [2.45, 2.75) is 160 Å². The molecular weight excluding hydrogens is 668 g/mol. The molecule has 2 aliphatic heterocycles. The summed E-state index contributed by atoms with van der Waals surface area (Å²) in [7, 11) is 1.38. The van der Waals surface area contributed by atoms with Crippen molar-refractivity contribution < 1.29 is 58.1 Å². The predicted molar refractivity (Wildman–Crippen MR) is 185 cm³/mol. The molecule has 3 rings (SSSR count). The zero-order chi connectivity index (χ0) is 38.9. The Balaban J connectivity index is 2.04. The molecule has 11 unspecified atom stereocenters. The fourth-order valence-electron chi connectivity index (χ4n) is 6.77. The summed E-state index contributed by atoms with van der Waals surface area (Å²) >= 11 is 0. The van der Waals surface area contributed by atoms with Gasteiger partial charge in [0.05, 0.1) is 31.3 Å². The Morgan fingerprint density at radius 2 is 1.47 bits per heavy atom. The molecule has 3 amide bonds. The SMILES string of the molecule is CC1CC=C(CN)OC1C1C(NC(=O)OC(C)(C)C)CC(NC(=O)OC(C)(C)C)C(OC2OCC(C)(O)C(N(C)C(=O)OC(C)(C)C)C2O)C1O. The van der Waals surface area contributed by atoms with Gasteiger partial charge in [-0.2, -0.15) is 0 Å². The molecule has 0 spiro atoms. The van der Waals surface area contributed by atoms with Crippen LogP contribution in [0.2, 0.25) is 0 Å². The first kappa shape index (κ1) is 42.5. The number of likely N-dealkylation sites (N-methyl/N-ethyl adjacent to an activating group) is 1. The minimum Gasteiger partial charge on any atom is -0.493 e. The van der Waals surface area contributed by atoms with Crippen molar-refractivity contribution in [3.05, 3.63) is 11.8 Å². The largest absolute Gasteiger partial charge is 0.493 e. The molecule has 3 aliphatic rings. The van der Waals surface area contributed by atoms with Gasteiger partial charge in [0.15, 0.2) is 6.29 Å². The number of rotatable bonds is 7. The van der Waals surface area contributed by atoms with Gasteiger partial charge in [-0.25, -0.2) is 14.4 Å². The van der Waals surface area contributed by atoms with E-state index >= 15 is 0 Å². The Hall–Kier alpha value is -2.89. The number of hydrogen-bond acceptors (Lipinski definition) is 13. The van der Waals surface area contributed by atoms with E-state index in [-0.39, 0.29) is 25.5 Å². The monoisotopic (exact) mass is 730 g/mol. The zero-order valence-corrected chi connectivity index (χ0v) is 32.2. The summed E-state index contributed by atoms with van der Waals surface area (Å²) in [5, 5.41) is 40.9. The van der Waals surface area contributed by atoms with Crippen molar-refractivity contribution in [1.82, 2.24) is 15.5 Å². The van der Waals surface area contributed by atoms with Gasteiger partial charge in [0, 0.05) is 19.0 Å². The Labute approximate surface area is 301 Å². The van der Waals surface area contributed by atoms with Gasteiger partial charge in [0.2, 0.25) is 0 Å². The predicted octanol–water partition coefficient (Wildman–Crippen LogP) is 2.51. The first-order valence-electron chi connectivity index (χ1n) is 17.6. The normalized spacial score (nSPS) is 34.7. The molecule has 0 aromatic carbocycles. The van der Waals surface area contributed by atoms with E-state index in [0.717, 1.165) is 4.90 Å². The molecule has 16 heteroatoms. The molecule has 0 aromatic rings. The molecule has 294 valence electrons. The van der Waals surface area contributed by atoms with E-state index in [1.54, 1.807) is 62.3 Å². The van der Waals surface area contributed by atoms with Crippen molar-refractivity contribution in [3.63, 3.8) is 0 Å². The molecule has 51 heavy (non-hydrogen) atoms. The highest BCUT2D eigenvalue weighted by Crippen LogP contribution is 2.40. The second-order valence-corrected chi connectivity index (χ2v) is 17.1. The first-order chi connectivity index (χ1) is 23.2. The second-order valence-electron chi connectivity index (χ2n) is 17.1. The quantitative estimate of drug-likeness (QED) is 0.208. The zero-order valence-electron chi connectivity index (χ0n) is 32.2. The third kappa shape index (κ3) is 11.5. The lowest BCUT2D eigenvalue weighted by atomic mass is 9.71. The fourth-order valence-corrected chi connectivity index (χ4v) is 6.77. The highest BCUT2D eigenvalue weighted by molar-refractivity contribution is 5.69. The highest BCUT2D eigenvalue weighted by Gasteiger charge is 2.56. The third-order valence-electron chi connectivity index (χ3n) is 8.82. The van der Waals surface area contributed by atoms with Crippen LogP contribution in [-0.4, -0.2) is 130 Å². The Morgan fingerprint density at radius 1 is 0.941 bits per heavy atom. The van der Waals surface area contributed by atoms with Crippen LogP contribution in [0.5, 0.6) is 0 Å². The number of alkyl carbamates (subject to hydrolysis) is 2. The molecule has 0 bridgehead atoms. The smallest absolute Gasteiger partial charge is 0.410 e. The van der Waals surface area contributed by atoms with Crippen LogP contribution >= 0.6 is 0 Å². The van der Waals surface area contributed by atoms with Crippen LogP contribution in [-0.2, 0) is 28.4 Å². The first-order valence-corrected chi connectivity index (χ1v) is 17.6. The lowest BCUT2D eigenvalue weighted by Gasteiger charge is -2.52. The van der Waals surface area contributed by atoms with E-state index < -0.39 is 95.4 Å². The Kier molecular flexibility index (Phi) is 13.3. The van der Waals surface area contributed by atoms with Crippen molar-refractivity contribution >= 4 is 18.3 Å². The van der Waals surface area contributed by atoms with E-state index in [1.165, 1.54) is 14.0 Å². The molecule has 2 fully saturated rings. The van der Waals surface area contributed by atoms with Crippen LogP contribution in [0.15, 0.2) is 11.8 Å². The van der Waals surface area contributed by atoms with E-state index in [0.29, 0.717) is 12.2 Å². The van der Waals surface area contributed by atoms with Crippen molar-refractivity contribution in [2.75, 3.05) is 20.2 Å². The van der Waals surface area contributed by atoms with Gasteiger partial charge in [0.25, 0.3) is 0 Å². The Morgan fingerprint density at radius 3 is 1.98 bits per heavy atom. The molecule has 1 aliphatic carbocycles. The number of aliphatic hydroxyl groups is 3. The van der Waals surface area contributed by atoms with Gasteiger partial charge < -0.3 is 65.0 Å². The Bertz CT molecular complexity index is 1260. The van der Waals surface area contributed by atoms with Crippen LogP contribution in [0.25, 0.3) is 0 Å². The van der Waals surface area contributed by atoms with E-state index in [9.17, 15) is 29.7 Å². The third-order valence-corrected chi connectivity index (χ3v) is 8.82. The molecule has 0 radical (unpaired) electrons. The van der Waals surface area contributed by atoms with Gasteiger partial charge in [-0.1, -0.05) is 6.92 Å².